The Morgan fingerprint density at radius 2 is 1.90 bits per heavy atom. The standard InChI is InChI=1S/C15H21N9O2.2ClH.H2O/c1-20(2)6-5-7-23-9-18-14-11(13(23)16)12(19-22(14)4)15-17-8-10(21(15)3)24(25)26;;;/h8-9,16H,5-7H2,1-4H3;2*1H;1H2. The van der Waals surface area contributed by atoms with Crippen molar-refractivity contribution in [3.63, 3.8) is 0 Å². The highest BCUT2D eigenvalue weighted by Gasteiger charge is 2.24. The van der Waals surface area contributed by atoms with Gasteiger partial charge in [0.2, 0.25) is 5.82 Å². The second-order valence-electron chi connectivity index (χ2n) is 6.37. The van der Waals surface area contributed by atoms with E-state index < -0.39 is 4.92 Å². The van der Waals surface area contributed by atoms with E-state index >= 15 is 0 Å². The summed E-state index contributed by atoms with van der Waals surface area (Å²) in [7, 11) is 7.29. The van der Waals surface area contributed by atoms with Gasteiger partial charge in [0.15, 0.2) is 11.3 Å². The van der Waals surface area contributed by atoms with Gasteiger partial charge in [-0.25, -0.2) is 19.2 Å². The third kappa shape index (κ3) is 4.90. The fourth-order valence-corrected chi connectivity index (χ4v) is 2.88. The summed E-state index contributed by atoms with van der Waals surface area (Å²) in [4.78, 5) is 21.2. The van der Waals surface area contributed by atoms with Crippen LogP contribution in [0.4, 0.5) is 5.82 Å². The first-order valence-electron chi connectivity index (χ1n) is 8.09. The number of nitrogens with one attached hydrogen (secondary N) is 1. The van der Waals surface area contributed by atoms with E-state index in [2.05, 4.69) is 20.0 Å². The van der Waals surface area contributed by atoms with Crippen molar-refractivity contribution in [2.45, 2.75) is 13.0 Å². The van der Waals surface area contributed by atoms with Gasteiger partial charge in [-0.15, -0.1) is 24.8 Å². The molecule has 0 aliphatic rings. The number of aryl methyl sites for hydroxylation is 2. The van der Waals surface area contributed by atoms with Crippen molar-refractivity contribution in [1.82, 2.24) is 33.8 Å². The quantitative estimate of drug-likeness (QED) is 0.427. The minimum absolute atomic E-state index is 0. The van der Waals surface area contributed by atoms with Crippen LogP contribution < -0.4 is 5.49 Å². The van der Waals surface area contributed by atoms with Crippen LogP contribution in [-0.2, 0) is 20.6 Å². The normalized spacial score (nSPS) is 10.4. The van der Waals surface area contributed by atoms with Crippen LogP contribution in [0.15, 0.2) is 12.5 Å². The van der Waals surface area contributed by atoms with Gasteiger partial charge in [-0.1, -0.05) is 0 Å². The first-order valence-corrected chi connectivity index (χ1v) is 8.09. The average Bonchev–Trinajstić information content (AvgIpc) is 3.10. The van der Waals surface area contributed by atoms with E-state index in [-0.39, 0.29) is 41.6 Å². The number of nitrogens with zero attached hydrogens (tertiary/aromatic N) is 8. The average molecular weight is 450 g/mol. The molecular formula is C15H25Cl2N9O3. The summed E-state index contributed by atoms with van der Waals surface area (Å²) >= 11 is 0. The first kappa shape index (κ1) is 26.5. The lowest BCUT2D eigenvalue weighted by molar-refractivity contribution is -0.391. The highest BCUT2D eigenvalue weighted by molar-refractivity contribution is 5.88. The van der Waals surface area contributed by atoms with E-state index in [1.165, 1.54) is 10.8 Å². The number of halogens is 2. The Morgan fingerprint density at radius 1 is 1.24 bits per heavy atom. The second-order valence-corrected chi connectivity index (χ2v) is 6.37. The van der Waals surface area contributed by atoms with Gasteiger partial charge in [-0.2, -0.15) is 5.10 Å². The summed E-state index contributed by atoms with van der Waals surface area (Å²) in [6, 6.07) is 0. The van der Waals surface area contributed by atoms with E-state index in [0.717, 1.165) is 13.0 Å². The Hall–Kier alpha value is -2.54. The molecule has 0 fully saturated rings. The lowest BCUT2D eigenvalue weighted by Crippen LogP contribution is -2.23. The van der Waals surface area contributed by atoms with E-state index in [0.29, 0.717) is 29.1 Å². The molecule has 0 spiro atoms. The van der Waals surface area contributed by atoms with E-state index in [1.54, 1.807) is 29.7 Å². The van der Waals surface area contributed by atoms with Crippen molar-refractivity contribution in [3.8, 4) is 11.5 Å². The summed E-state index contributed by atoms with van der Waals surface area (Å²) in [5.74, 6) is 0.205. The number of fused-ring (bicyclic) bond motifs is 1. The van der Waals surface area contributed by atoms with E-state index in [1.807, 2.05) is 14.1 Å². The molecule has 0 saturated heterocycles. The SMILES string of the molecule is CN(C)CCCn1cnc2c(c(-c3ncc([N+](=O)[O-])n3C)nn2C)c1=N.Cl.Cl.O. The van der Waals surface area contributed by atoms with Crippen LogP contribution in [-0.4, -0.2) is 64.8 Å². The predicted octanol–water partition coefficient (Wildman–Crippen LogP) is 0.529. The first-order chi connectivity index (χ1) is 12.3. The summed E-state index contributed by atoms with van der Waals surface area (Å²) in [5.41, 5.74) is 1.22. The maximum atomic E-state index is 11.1. The number of hydrogen-bond acceptors (Lipinski definition) is 7. The van der Waals surface area contributed by atoms with Gasteiger partial charge < -0.3 is 25.1 Å². The molecular weight excluding hydrogens is 425 g/mol. The molecule has 3 heterocycles. The van der Waals surface area contributed by atoms with Crippen LogP contribution in [0.5, 0.6) is 0 Å². The largest absolute Gasteiger partial charge is 0.412 e. The van der Waals surface area contributed by atoms with Crippen molar-refractivity contribution in [1.29, 1.82) is 5.41 Å². The van der Waals surface area contributed by atoms with E-state index in [4.69, 9.17) is 5.41 Å². The fraction of sp³-hybridized carbons (Fsp3) is 0.467. The number of nitro groups is 1. The molecule has 3 rings (SSSR count). The number of hydrogen-bond donors (Lipinski definition) is 1. The van der Waals surface area contributed by atoms with Crippen LogP contribution in [0.2, 0.25) is 0 Å². The Balaban J connectivity index is 0.00000261. The van der Waals surface area contributed by atoms with Crippen LogP contribution in [0, 0.1) is 15.5 Å². The highest BCUT2D eigenvalue weighted by atomic mass is 35.5. The van der Waals surface area contributed by atoms with Crippen LogP contribution in [0.3, 0.4) is 0 Å². The minimum Gasteiger partial charge on any atom is -0.412 e. The van der Waals surface area contributed by atoms with E-state index in [9.17, 15) is 10.1 Å². The minimum atomic E-state index is -0.497. The summed E-state index contributed by atoms with van der Waals surface area (Å²) in [6.07, 6.45) is 3.70. The molecule has 0 aliphatic heterocycles. The van der Waals surface area contributed by atoms with Crippen LogP contribution in [0.1, 0.15) is 6.42 Å². The summed E-state index contributed by atoms with van der Waals surface area (Å²) in [6.45, 7) is 1.55. The Bertz CT molecular complexity index is 1040. The maximum Gasteiger partial charge on any atom is 0.342 e. The zero-order valence-electron chi connectivity index (χ0n) is 16.5. The molecule has 0 unspecified atom stereocenters. The van der Waals surface area contributed by atoms with Gasteiger partial charge in [-0.3, -0.25) is 5.41 Å². The van der Waals surface area contributed by atoms with Crippen molar-refractivity contribution in [3.05, 3.63) is 28.1 Å². The molecule has 3 aromatic heterocycles. The van der Waals surface area contributed by atoms with Gasteiger partial charge in [0.05, 0.1) is 18.8 Å². The molecule has 0 bridgehead atoms. The number of aromatic nitrogens is 6. The molecule has 0 saturated carbocycles. The van der Waals surface area contributed by atoms with Gasteiger partial charge >= 0.3 is 5.82 Å². The third-order valence-electron chi connectivity index (χ3n) is 4.23. The van der Waals surface area contributed by atoms with Crippen molar-refractivity contribution in [2.75, 3.05) is 20.6 Å². The van der Waals surface area contributed by atoms with Gasteiger partial charge in [-0.05, 0) is 32.0 Å². The maximum absolute atomic E-state index is 11.1. The lowest BCUT2D eigenvalue weighted by atomic mass is 10.2. The van der Waals surface area contributed by atoms with Gasteiger partial charge in [0, 0.05) is 13.6 Å². The third-order valence-corrected chi connectivity index (χ3v) is 4.23. The zero-order valence-corrected chi connectivity index (χ0v) is 18.1. The number of imidazole rings is 1. The molecule has 162 valence electrons. The molecule has 0 atom stereocenters. The Labute approximate surface area is 179 Å². The topological polar surface area (TPSA) is 155 Å². The van der Waals surface area contributed by atoms with Gasteiger partial charge in [0.1, 0.15) is 11.7 Å². The monoisotopic (exact) mass is 449 g/mol. The molecule has 3 aromatic rings. The molecule has 0 aliphatic carbocycles. The summed E-state index contributed by atoms with van der Waals surface area (Å²) in [5, 5.41) is 24.6. The molecule has 3 N–H and O–H groups in total. The van der Waals surface area contributed by atoms with Crippen molar-refractivity contribution >= 4 is 41.7 Å². The number of rotatable bonds is 6. The molecule has 29 heavy (non-hydrogen) atoms. The molecule has 0 aromatic carbocycles. The Morgan fingerprint density at radius 3 is 2.45 bits per heavy atom. The fourth-order valence-electron chi connectivity index (χ4n) is 2.88. The second kappa shape index (κ2) is 10.3. The lowest BCUT2D eigenvalue weighted by Gasteiger charge is -2.11. The smallest absolute Gasteiger partial charge is 0.342 e. The zero-order chi connectivity index (χ0) is 19.0. The van der Waals surface area contributed by atoms with Crippen molar-refractivity contribution < 1.29 is 10.4 Å². The molecule has 14 heteroatoms. The molecule has 12 nitrogen and oxygen atoms in total. The molecule has 0 radical (unpaired) electrons. The van der Waals surface area contributed by atoms with Gasteiger partial charge in [0.25, 0.3) is 0 Å². The Kier molecular flexibility index (Phi) is 9.40. The van der Waals surface area contributed by atoms with Crippen LogP contribution in [0.25, 0.3) is 22.6 Å². The van der Waals surface area contributed by atoms with Crippen LogP contribution >= 0.6 is 24.8 Å². The highest BCUT2D eigenvalue weighted by Crippen LogP contribution is 2.25. The predicted molar refractivity (Wildman–Crippen MR) is 112 cm³/mol. The summed E-state index contributed by atoms with van der Waals surface area (Å²) < 4.78 is 4.69. The van der Waals surface area contributed by atoms with Crippen molar-refractivity contribution in [2.24, 2.45) is 14.1 Å². The molecule has 0 amide bonds.